The third-order valence-electron chi connectivity index (χ3n) is 6.43. The molecule has 0 aliphatic rings. The summed E-state index contributed by atoms with van der Waals surface area (Å²) >= 11 is 0. The molecule has 0 radical (unpaired) electrons. The standard InChI is InChI=1S/C23H10F21N3O5/c1-7-10(45-4-48)3-9(13(51)47-6-52-8(2)50)11(12(7)46-5-49)14(24,25)15(26,27)16(28,29)17(30,31)18(32,33)19(34,35)20(36,37)21(38,39)22(40,41)23(42,43)44/h3H,6H2,1-2H3,(H,47,51). The Hall–Kier alpha value is -4.55. The van der Waals surface area contributed by atoms with Crippen LogP contribution < -0.4 is 5.32 Å². The second-order valence-electron chi connectivity index (χ2n) is 9.65. The van der Waals surface area contributed by atoms with Crippen LogP contribution in [0.3, 0.4) is 0 Å². The SMILES string of the molecule is CC(=O)OCNC(=O)c1cc(N=C=O)c(C)c(N=C=O)c1C(F)(F)C(F)(F)C(F)(F)C(F)(F)C(F)(F)C(F)(F)C(F)(F)C(F)(F)C(F)(F)C(F)(F)F. The van der Waals surface area contributed by atoms with Gasteiger partial charge in [0.2, 0.25) is 12.2 Å². The largest absolute Gasteiger partial charge is 0.460 e. The first kappa shape index (κ1) is 45.5. The number of carbonyl (C=O) groups is 2. The number of nitrogens with one attached hydrogen (secondary N) is 1. The topological polar surface area (TPSA) is 114 Å². The van der Waals surface area contributed by atoms with Crippen molar-refractivity contribution in [2.75, 3.05) is 6.73 Å². The fourth-order valence-electron chi connectivity index (χ4n) is 3.61. The molecule has 52 heavy (non-hydrogen) atoms. The number of ether oxygens (including phenoxy) is 1. The Morgan fingerprint density at radius 2 is 1.00 bits per heavy atom. The molecule has 0 aliphatic carbocycles. The average molecular weight is 807 g/mol. The molecule has 0 heterocycles. The predicted molar refractivity (Wildman–Crippen MR) is 120 cm³/mol. The molecular formula is C23H10F21N3O5. The average Bonchev–Trinajstić information content (AvgIpc) is 2.97. The van der Waals surface area contributed by atoms with Crippen LogP contribution in [0.25, 0.3) is 0 Å². The van der Waals surface area contributed by atoms with Crippen molar-refractivity contribution >= 4 is 35.4 Å². The lowest BCUT2D eigenvalue weighted by Crippen LogP contribution is -2.76. The molecule has 0 aromatic heterocycles. The van der Waals surface area contributed by atoms with E-state index >= 15 is 8.78 Å². The van der Waals surface area contributed by atoms with Crippen LogP contribution in [-0.4, -0.2) is 84.3 Å². The second-order valence-corrected chi connectivity index (χ2v) is 9.65. The molecule has 0 fully saturated rings. The van der Waals surface area contributed by atoms with Gasteiger partial charge in [0.15, 0.2) is 6.73 Å². The molecule has 1 amide bonds. The smallest absolute Gasteiger partial charge is 0.445 e. The molecule has 0 unspecified atom stereocenters. The van der Waals surface area contributed by atoms with Crippen LogP contribution in [-0.2, 0) is 25.0 Å². The normalized spacial score (nSPS) is 14.3. The molecule has 0 atom stereocenters. The van der Waals surface area contributed by atoms with E-state index in [2.05, 4.69) is 14.7 Å². The van der Waals surface area contributed by atoms with E-state index in [0.717, 1.165) is 0 Å². The number of carbonyl (C=O) groups excluding carboxylic acids is 4. The monoisotopic (exact) mass is 807 g/mol. The molecule has 0 aliphatic heterocycles. The summed E-state index contributed by atoms with van der Waals surface area (Å²) in [5, 5.41) is 1.23. The van der Waals surface area contributed by atoms with Gasteiger partial charge in [-0.15, -0.1) is 0 Å². The summed E-state index contributed by atoms with van der Waals surface area (Å²) in [6.07, 6.45) is -7.26. The lowest BCUT2D eigenvalue weighted by Gasteiger charge is -2.44. The van der Waals surface area contributed by atoms with Crippen molar-refractivity contribution in [2.24, 2.45) is 9.98 Å². The van der Waals surface area contributed by atoms with Crippen LogP contribution in [0.15, 0.2) is 16.1 Å². The van der Waals surface area contributed by atoms with Gasteiger partial charge in [-0.3, -0.25) is 9.59 Å². The predicted octanol–water partition coefficient (Wildman–Crippen LogP) is 7.92. The number of nitrogens with zero attached hydrogens (tertiary/aromatic N) is 2. The summed E-state index contributed by atoms with van der Waals surface area (Å²) in [5.74, 6) is -84.1. The number of aliphatic imine (C=N–C) groups is 2. The molecule has 29 heteroatoms. The Bertz CT molecular complexity index is 1680. The Balaban J connectivity index is 4.27. The second kappa shape index (κ2) is 13.5. The molecule has 294 valence electrons. The Labute approximate surface area is 270 Å². The Morgan fingerprint density at radius 3 is 1.35 bits per heavy atom. The van der Waals surface area contributed by atoms with Gasteiger partial charge in [0.1, 0.15) is 0 Å². The van der Waals surface area contributed by atoms with E-state index in [0.29, 0.717) is 13.0 Å². The minimum atomic E-state index is -9.44. The Kier molecular flexibility index (Phi) is 11.8. The summed E-state index contributed by atoms with van der Waals surface area (Å²) in [7, 11) is 0. The fraction of sp³-hybridized carbons (Fsp3) is 0.565. The molecule has 0 bridgehead atoms. The molecule has 0 saturated carbocycles. The van der Waals surface area contributed by atoms with Gasteiger partial charge < -0.3 is 10.1 Å². The van der Waals surface area contributed by atoms with Crippen LogP contribution in [0, 0.1) is 6.92 Å². The third-order valence-corrected chi connectivity index (χ3v) is 6.43. The van der Waals surface area contributed by atoms with Gasteiger partial charge in [0.25, 0.3) is 5.91 Å². The molecule has 0 spiro atoms. The van der Waals surface area contributed by atoms with Crippen molar-refractivity contribution in [3.8, 4) is 0 Å². The number of rotatable bonds is 14. The van der Waals surface area contributed by atoms with Gasteiger partial charge in [0, 0.05) is 12.5 Å². The number of alkyl halides is 21. The molecular weight excluding hydrogens is 797 g/mol. The molecule has 1 rings (SSSR count). The lowest BCUT2D eigenvalue weighted by molar-refractivity contribution is -0.474. The number of halogens is 21. The van der Waals surface area contributed by atoms with Crippen LogP contribution in [0.2, 0.25) is 0 Å². The first-order chi connectivity index (χ1) is 22.9. The fourth-order valence-corrected chi connectivity index (χ4v) is 3.61. The highest BCUT2D eigenvalue weighted by Gasteiger charge is 2.98. The van der Waals surface area contributed by atoms with Crippen LogP contribution in [0.4, 0.5) is 104 Å². The first-order valence-corrected chi connectivity index (χ1v) is 12.1. The maximum Gasteiger partial charge on any atom is 0.460 e. The molecule has 1 aromatic carbocycles. The molecule has 1 N–H and O–H groups in total. The van der Waals surface area contributed by atoms with Gasteiger partial charge >= 0.3 is 65.4 Å². The van der Waals surface area contributed by atoms with Gasteiger partial charge in [-0.05, 0) is 13.0 Å². The van der Waals surface area contributed by atoms with Crippen molar-refractivity contribution < 1.29 is 116 Å². The van der Waals surface area contributed by atoms with Crippen molar-refractivity contribution in [2.45, 2.75) is 73.3 Å². The molecule has 0 saturated heterocycles. The zero-order valence-electron chi connectivity index (χ0n) is 24.2. The zero-order chi connectivity index (χ0) is 41.7. The lowest BCUT2D eigenvalue weighted by atomic mass is 9.83. The molecule has 1 aromatic rings. The van der Waals surface area contributed by atoms with Crippen LogP contribution >= 0.6 is 0 Å². The minimum Gasteiger partial charge on any atom is -0.445 e. The van der Waals surface area contributed by atoms with E-state index in [1.807, 2.05) is 0 Å². The summed E-state index contributed by atoms with van der Waals surface area (Å²) in [5.41, 5.74) is -10.7. The summed E-state index contributed by atoms with van der Waals surface area (Å²) in [6, 6.07) is -0.338. The quantitative estimate of drug-likeness (QED) is 0.0675. The summed E-state index contributed by atoms with van der Waals surface area (Å²) in [4.78, 5) is 49.9. The van der Waals surface area contributed by atoms with E-state index < -0.39 is 106 Å². The zero-order valence-corrected chi connectivity index (χ0v) is 24.2. The van der Waals surface area contributed by atoms with Crippen molar-refractivity contribution in [1.82, 2.24) is 5.32 Å². The highest BCUT2D eigenvalue weighted by molar-refractivity contribution is 5.99. The number of hydrogen-bond acceptors (Lipinski definition) is 7. The highest BCUT2D eigenvalue weighted by atomic mass is 19.4. The Morgan fingerprint density at radius 1 is 0.635 bits per heavy atom. The van der Waals surface area contributed by atoms with Gasteiger partial charge in [-0.25, -0.2) is 9.59 Å². The highest BCUT2D eigenvalue weighted by Crippen LogP contribution is 2.67. The van der Waals surface area contributed by atoms with Crippen molar-refractivity contribution in [1.29, 1.82) is 0 Å². The van der Waals surface area contributed by atoms with E-state index in [9.17, 15) is 103 Å². The minimum absolute atomic E-state index is 0.254. The van der Waals surface area contributed by atoms with E-state index in [-0.39, 0.29) is 19.1 Å². The van der Waals surface area contributed by atoms with Gasteiger partial charge in [-0.1, -0.05) is 0 Å². The van der Waals surface area contributed by atoms with E-state index in [1.54, 1.807) is 0 Å². The van der Waals surface area contributed by atoms with Crippen LogP contribution in [0.1, 0.15) is 28.4 Å². The van der Waals surface area contributed by atoms with Crippen molar-refractivity contribution in [3.63, 3.8) is 0 Å². The maximum absolute atomic E-state index is 15.5. The van der Waals surface area contributed by atoms with Crippen molar-refractivity contribution in [3.05, 3.63) is 22.8 Å². The van der Waals surface area contributed by atoms with E-state index in [4.69, 9.17) is 0 Å². The first-order valence-electron chi connectivity index (χ1n) is 12.1. The van der Waals surface area contributed by atoms with Gasteiger partial charge in [-0.2, -0.15) is 102 Å². The summed E-state index contributed by atoms with van der Waals surface area (Å²) in [6.45, 7) is -0.624. The number of esters is 1. The van der Waals surface area contributed by atoms with Crippen LogP contribution in [0.5, 0.6) is 0 Å². The third kappa shape index (κ3) is 6.40. The number of amides is 1. The number of hydrogen-bond donors (Lipinski definition) is 1. The molecule has 8 nitrogen and oxygen atoms in total. The van der Waals surface area contributed by atoms with Gasteiger partial charge in [0.05, 0.1) is 22.5 Å². The maximum atomic E-state index is 15.5. The van der Waals surface area contributed by atoms with E-state index in [1.165, 1.54) is 5.32 Å². The summed E-state index contributed by atoms with van der Waals surface area (Å²) < 4.78 is 297. The number of isocyanates is 2. The number of benzene rings is 1.